The number of hydrogen-bond donors (Lipinski definition) is 0. The molecule has 0 aliphatic carbocycles. The molecule has 0 aliphatic rings. The molecule has 1 aromatic rings. The number of carbonyl (C=O) groups is 1. The number of rotatable bonds is 5. The van der Waals surface area contributed by atoms with Crippen molar-refractivity contribution >= 4 is 5.97 Å². The zero-order chi connectivity index (χ0) is 10.9. The quantitative estimate of drug-likeness (QED) is 0.417. The molecule has 15 heavy (non-hydrogen) atoms. The van der Waals surface area contributed by atoms with E-state index in [1.807, 2.05) is 24.3 Å². The van der Waals surface area contributed by atoms with E-state index >= 15 is 0 Å². The minimum absolute atomic E-state index is 0.179. The van der Waals surface area contributed by atoms with Crippen molar-refractivity contribution in [1.82, 2.24) is 0 Å². The van der Waals surface area contributed by atoms with Crippen LogP contribution in [0.4, 0.5) is 0 Å². The Morgan fingerprint density at radius 3 is 2.67 bits per heavy atom. The normalized spacial score (nSPS) is 10.5. The molecule has 2 nitrogen and oxygen atoms in total. The molecule has 0 fully saturated rings. The van der Waals surface area contributed by atoms with Crippen LogP contribution in [0.5, 0.6) is 5.75 Å². The number of para-hydroxylation sites is 1. The van der Waals surface area contributed by atoms with Crippen LogP contribution in [0.1, 0.15) is 26.2 Å². The maximum absolute atomic E-state index is 11.3. The second kappa shape index (κ2) is 6.82. The van der Waals surface area contributed by atoms with Gasteiger partial charge in [0, 0.05) is 6.42 Å². The van der Waals surface area contributed by atoms with Crippen molar-refractivity contribution in [2.24, 2.45) is 0 Å². The van der Waals surface area contributed by atoms with Crippen molar-refractivity contribution in [3.8, 4) is 5.75 Å². The fourth-order valence-electron chi connectivity index (χ4n) is 1.16. The summed E-state index contributed by atoms with van der Waals surface area (Å²) in [6, 6.07) is 9.14. The topological polar surface area (TPSA) is 26.3 Å². The van der Waals surface area contributed by atoms with Crippen molar-refractivity contribution in [2.75, 3.05) is 0 Å². The Balaban J connectivity index is 2.28. The first-order chi connectivity index (χ1) is 7.33. The highest BCUT2D eigenvalue weighted by Crippen LogP contribution is 2.09. The molecule has 2 heteroatoms. The third-order valence-electron chi connectivity index (χ3n) is 1.89. The Bertz CT molecular complexity index is 315. The lowest BCUT2D eigenvalue weighted by Crippen LogP contribution is -2.06. The summed E-state index contributed by atoms with van der Waals surface area (Å²) in [7, 11) is 0. The third-order valence-corrected chi connectivity index (χ3v) is 1.89. The first kappa shape index (κ1) is 11.5. The van der Waals surface area contributed by atoms with Crippen LogP contribution >= 0.6 is 0 Å². The molecule has 0 amide bonds. The van der Waals surface area contributed by atoms with Crippen LogP contribution in [0, 0.1) is 0 Å². The Morgan fingerprint density at radius 2 is 2.00 bits per heavy atom. The highest BCUT2D eigenvalue weighted by molar-refractivity contribution is 5.72. The van der Waals surface area contributed by atoms with Crippen molar-refractivity contribution in [1.29, 1.82) is 0 Å². The van der Waals surface area contributed by atoms with Crippen LogP contribution in [0.25, 0.3) is 0 Å². The van der Waals surface area contributed by atoms with E-state index in [0.717, 1.165) is 12.8 Å². The van der Waals surface area contributed by atoms with Gasteiger partial charge >= 0.3 is 5.97 Å². The summed E-state index contributed by atoms with van der Waals surface area (Å²) < 4.78 is 5.12. The number of allylic oxidation sites excluding steroid dienone is 2. The minimum Gasteiger partial charge on any atom is -0.427 e. The summed E-state index contributed by atoms with van der Waals surface area (Å²) in [5.41, 5.74) is 0. The van der Waals surface area contributed by atoms with E-state index in [-0.39, 0.29) is 5.97 Å². The zero-order valence-corrected chi connectivity index (χ0v) is 8.98. The smallest absolute Gasteiger partial charge is 0.311 e. The summed E-state index contributed by atoms with van der Waals surface area (Å²) in [4.78, 5) is 11.3. The molecule has 0 saturated heterocycles. The lowest BCUT2D eigenvalue weighted by Gasteiger charge is -2.01. The Hall–Kier alpha value is -1.57. The van der Waals surface area contributed by atoms with E-state index in [2.05, 4.69) is 13.0 Å². The molecule has 0 saturated carbocycles. The molecular weight excluding hydrogens is 188 g/mol. The Morgan fingerprint density at radius 1 is 1.27 bits per heavy atom. The van der Waals surface area contributed by atoms with Crippen LogP contribution in [0.3, 0.4) is 0 Å². The zero-order valence-electron chi connectivity index (χ0n) is 8.98. The second-order valence-electron chi connectivity index (χ2n) is 3.21. The van der Waals surface area contributed by atoms with Gasteiger partial charge < -0.3 is 4.74 Å². The first-order valence-corrected chi connectivity index (χ1v) is 5.23. The Kier molecular flexibility index (Phi) is 5.23. The van der Waals surface area contributed by atoms with E-state index in [0.29, 0.717) is 12.2 Å². The first-order valence-electron chi connectivity index (χ1n) is 5.23. The molecule has 0 heterocycles. The fraction of sp³-hybridized carbons (Fsp3) is 0.308. The van der Waals surface area contributed by atoms with Gasteiger partial charge in [0.15, 0.2) is 0 Å². The maximum Gasteiger partial charge on any atom is 0.311 e. The van der Waals surface area contributed by atoms with Gasteiger partial charge in [-0.3, -0.25) is 4.79 Å². The minimum atomic E-state index is -0.179. The molecule has 1 aromatic carbocycles. The van der Waals surface area contributed by atoms with E-state index in [1.165, 1.54) is 0 Å². The molecule has 0 atom stereocenters. The molecule has 0 aromatic heterocycles. The van der Waals surface area contributed by atoms with Gasteiger partial charge in [-0.25, -0.2) is 0 Å². The van der Waals surface area contributed by atoms with E-state index in [1.54, 1.807) is 12.1 Å². The summed E-state index contributed by atoms with van der Waals surface area (Å²) in [5.74, 6) is 0.434. The summed E-state index contributed by atoms with van der Waals surface area (Å²) in [6.45, 7) is 2.07. The molecule has 80 valence electrons. The molecule has 0 N–H and O–H groups in total. The van der Waals surface area contributed by atoms with Crippen molar-refractivity contribution < 1.29 is 9.53 Å². The summed E-state index contributed by atoms with van der Waals surface area (Å²) >= 11 is 0. The predicted molar refractivity (Wildman–Crippen MR) is 60.7 cm³/mol. The molecule has 0 unspecified atom stereocenters. The highest BCUT2D eigenvalue weighted by Gasteiger charge is 2.01. The summed E-state index contributed by atoms with van der Waals surface area (Å²) in [5, 5.41) is 0. The van der Waals surface area contributed by atoms with Crippen molar-refractivity contribution in [3.05, 3.63) is 42.5 Å². The monoisotopic (exact) mass is 204 g/mol. The maximum atomic E-state index is 11.3. The second-order valence-corrected chi connectivity index (χ2v) is 3.21. The van der Waals surface area contributed by atoms with Gasteiger partial charge in [-0.05, 0) is 25.0 Å². The fourth-order valence-corrected chi connectivity index (χ4v) is 1.16. The van der Waals surface area contributed by atoms with Crippen LogP contribution < -0.4 is 4.74 Å². The SMILES string of the molecule is CCC=CCCC(=O)Oc1ccccc1. The van der Waals surface area contributed by atoms with Crippen LogP contribution in [0.15, 0.2) is 42.5 Å². The average Bonchev–Trinajstić information content (AvgIpc) is 2.26. The van der Waals surface area contributed by atoms with Gasteiger partial charge in [-0.1, -0.05) is 37.3 Å². The molecule has 0 aliphatic heterocycles. The largest absolute Gasteiger partial charge is 0.427 e. The van der Waals surface area contributed by atoms with Crippen LogP contribution in [-0.4, -0.2) is 5.97 Å². The molecule has 0 spiro atoms. The van der Waals surface area contributed by atoms with Crippen molar-refractivity contribution in [2.45, 2.75) is 26.2 Å². The molecule has 0 radical (unpaired) electrons. The van der Waals surface area contributed by atoms with Crippen LogP contribution in [-0.2, 0) is 4.79 Å². The van der Waals surface area contributed by atoms with Gasteiger partial charge in [0.25, 0.3) is 0 Å². The lowest BCUT2D eigenvalue weighted by molar-refractivity contribution is -0.134. The highest BCUT2D eigenvalue weighted by atomic mass is 16.5. The number of benzene rings is 1. The third kappa shape index (κ3) is 5.01. The van der Waals surface area contributed by atoms with Gasteiger partial charge in [-0.15, -0.1) is 0 Å². The van der Waals surface area contributed by atoms with E-state index in [4.69, 9.17) is 4.74 Å². The van der Waals surface area contributed by atoms with E-state index < -0.39 is 0 Å². The standard InChI is InChI=1S/C13H16O2/c1-2-3-4-8-11-13(14)15-12-9-6-5-7-10-12/h3-7,9-10H,2,8,11H2,1H3. The Labute approximate surface area is 90.6 Å². The predicted octanol–water partition coefficient (Wildman–Crippen LogP) is 3.34. The number of carbonyl (C=O) groups excluding carboxylic acids is 1. The summed E-state index contributed by atoms with van der Waals surface area (Å²) in [6.07, 6.45) is 6.25. The number of hydrogen-bond acceptors (Lipinski definition) is 2. The van der Waals surface area contributed by atoms with Gasteiger partial charge in [-0.2, -0.15) is 0 Å². The van der Waals surface area contributed by atoms with E-state index in [9.17, 15) is 4.79 Å². The molecule has 0 bridgehead atoms. The van der Waals surface area contributed by atoms with Gasteiger partial charge in [0.05, 0.1) is 0 Å². The molecule has 1 rings (SSSR count). The molecular formula is C13H16O2. The van der Waals surface area contributed by atoms with Crippen LogP contribution in [0.2, 0.25) is 0 Å². The number of ether oxygens (including phenoxy) is 1. The van der Waals surface area contributed by atoms with Crippen molar-refractivity contribution in [3.63, 3.8) is 0 Å². The number of esters is 1. The van der Waals surface area contributed by atoms with Gasteiger partial charge in [0.2, 0.25) is 0 Å². The average molecular weight is 204 g/mol. The lowest BCUT2D eigenvalue weighted by atomic mass is 10.2. The van der Waals surface area contributed by atoms with Gasteiger partial charge in [0.1, 0.15) is 5.75 Å².